The van der Waals surface area contributed by atoms with Crippen LogP contribution in [-0.2, 0) is 23.8 Å². The van der Waals surface area contributed by atoms with Gasteiger partial charge in [0, 0.05) is 24.1 Å². The van der Waals surface area contributed by atoms with Gasteiger partial charge in [-0.15, -0.1) is 0 Å². The number of nitrogens with zero attached hydrogens (tertiary/aromatic N) is 2. The number of fused-ring (bicyclic) bond motifs is 3. The number of hydrogen-bond acceptors (Lipinski definition) is 4. The Hall–Kier alpha value is -4.06. The molecular weight excluding hydrogens is 562 g/mol. The summed E-state index contributed by atoms with van der Waals surface area (Å²) in [5.74, 6) is 0.0179. The van der Waals surface area contributed by atoms with Gasteiger partial charge in [0.1, 0.15) is 11.6 Å². The van der Waals surface area contributed by atoms with Gasteiger partial charge in [0.05, 0.1) is 22.2 Å². The van der Waals surface area contributed by atoms with Gasteiger partial charge in [-0.3, -0.25) is 5.32 Å². The largest absolute Gasteiger partial charge is 0.449 e. The van der Waals surface area contributed by atoms with E-state index in [4.69, 9.17) is 27.9 Å². The summed E-state index contributed by atoms with van der Waals surface area (Å²) < 4.78 is 43.4. The standard InChI is InChI=1S/C30H20Cl2F3N3O2/c31-25-10-7-18(14-26(25)32)23-13-19-16-37-28(24(15-36)27(19)22-4-2-1-3-21(22)23)38-29(39)40-12-11-17-5-8-20(9-6-17)30(33,34)35/h1-10,14,16,23H,11-13H2,(H,37,38,39). The average molecular weight is 582 g/mol. The molecule has 0 saturated carbocycles. The van der Waals surface area contributed by atoms with Gasteiger partial charge in [0.2, 0.25) is 0 Å². The molecule has 0 saturated heterocycles. The zero-order chi connectivity index (χ0) is 28.4. The minimum Gasteiger partial charge on any atom is -0.449 e. The number of pyridine rings is 1. The van der Waals surface area contributed by atoms with Crippen LogP contribution in [0, 0.1) is 11.3 Å². The molecule has 3 aromatic carbocycles. The summed E-state index contributed by atoms with van der Waals surface area (Å²) in [5.41, 5.74) is 4.39. The highest BCUT2D eigenvalue weighted by Crippen LogP contribution is 2.45. The quantitative estimate of drug-likeness (QED) is 0.256. The summed E-state index contributed by atoms with van der Waals surface area (Å²) in [7, 11) is 0. The number of alkyl halides is 3. The molecule has 0 spiro atoms. The number of benzene rings is 3. The molecule has 1 amide bonds. The fraction of sp³-hybridized carbons (Fsp3) is 0.167. The number of halogens is 5. The van der Waals surface area contributed by atoms with Gasteiger partial charge >= 0.3 is 12.3 Å². The minimum absolute atomic E-state index is 0.0409. The Labute approximate surface area is 238 Å². The van der Waals surface area contributed by atoms with Gasteiger partial charge < -0.3 is 4.74 Å². The van der Waals surface area contributed by atoms with E-state index in [0.29, 0.717) is 27.6 Å². The third kappa shape index (κ3) is 5.62. The van der Waals surface area contributed by atoms with Crippen LogP contribution in [-0.4, -0.2) is 17.7 Å². The van der Waals surface area contributed by atoms with Gasteiger partial charge in [0.25, 0.3) is 0 Å². The first-order chi connectivity index (χ1) is 19.2. The van der Waals surface area contributed by atoms with Crippen LogP contribution < -0.4 is 5.32 Å². The first kappa shape index (κ1) is 27.5. The lowest BCUT2D eigenvalue weighted by molar-refractivity contribution is -0.137. The second kappa shape index (κ2) is 11.2. The van der Waals surface area contributed by atoms with Crippen molar-refractivity contribution in [1.29, 1.82) is 5.26 Å². The molecule has 40 heavy (non-hydrogen) atoms. The topological polar surface area (TPSA) is 75.0 Å². The summed E-state index contributed by atoms with van der Waals surface area (Å²) in [6.07, 6.45) is -2.83. The smallest absolute Gasteiger partial charge is 0.416 e. The van der Waals surface area contributed by atoms with Crippen molar-refractivity contribution in [2.24, 2.45) is 0 Å². The number of carbonyl (C=O) groups excluding carboxylic acids is 1. The Morgan fingerprint density at radius 1 is 1.07 bits per heavy atom. The molecule has 1 heterocycles. The number of nitrogens with one attached hydrogen (secondary N) is 1. The number of amides is 1. The van der Waals surface area contributed by atoms with Crippen molar-refractivity contribution >= 4 is 35.1 Å². The third-order valence-corrected chi connectivity index (χ3v) is 7.51. The highest BCUT2D eigenvalue weighted by molar-refractivity contribution is 6.42. The second-order valence-corrected chi connectivity index (χ2v) is 10.0. The number of anilines is 1. The number of hydrogen-bond donors (Lipinski definition) is 1. The minimum atomic E-state index is -4.42. The van der Waals surface area contributed by atoms with E-state index in [1.807, 2.05) is 36.4 Å². The number of nitriles is 1. The number of rotatable bonds is 5. The highest BCUT2D eigenvalue weighted by atomic mass is 35.5. The first-order valence-electron chi connectivity index (χ1n) is 12.2. The Bertz CT molecular complexity index is 1630. The summed E-state index contributed by atoms with van der Waals surface area (Å²) in [5, 5.41) is 13.5. The maximum absolute atomic E-state index is 12.7. The van der Waals surface area contributed by atoms with Gasteiger partial charge in [-0.05, 0) is 58.5 Å². The van der Waals surface area contributed by atoms with Crippen molar-refractivity contribution in [3.05, 3.63) is 116 Å². The van der Waals surface area contributed by atoms with E-state index < -0.39 is 17.8 Å². The molecule has 1 atom stereocenters. The van der Waals surface area contributed by atoms with Crippen LogP contribution in [0.3, 0.4) is 0 Å². The van der Waals surface area contributed by atoms with E-state index in [2.05, 4.69) is 16.4 Å². The summed E-state index contributed by atoms with van der Waals surface area (Å²) in [4.78, 5) is 16.9. The molecule has 1 aliphatic carbocycles. The molecule has 0 aliphatic heterocycles. The number of carbonyl (C=O) groups is 1. The van der Waals surface area contributed by atoms with Crippen LogP contribution in [0.5, 0.6) is 0 Å². The van der Waals surface area contributed by atoms with Crippen LogP contribution in [0.2, 0.25) is 10.0 Å². The summed E-state index contributed by atoms with van der Waals surface area (Å²) in [6, 6.07) is 20.1. The summed E-state index contributed by atoms with van der Waals surface area (Å²) in [6.45, 7) is -0.0712. The molecule has 0 radical (unpaired) electrons. The summed E-state index contributed by atoms with van der Waals surface area (Å²) >= 11 is 12.4. The maximum atomic E-state index is 12.7. The molecule has 1 aromatic heterocycles. The number of aromatic nitrogens is 1. The van der Waals surface area contributed by atoms with Gasteiger partial charge in [-0.1, -0.05) is 65.7 Å². The maximum Gasteiger partial charge on any atom is 0.416 e. The normalized spacial score (nSPS) is 14.1. The predicted octanol–water partition coefficient (Wildman–Crippen LogP) is 8.43. The monoisotopic (exact) mass is 581 g/mol. The van der Waals surface area contributed by atoms with Crippen LogP contribution >= 0.6 is 23.2 Å². The fourth-order valence-corrected chi connectivity index (χ4v) is 5.16. The molecule has 0 fully saturated rings. The fourth-order valence-electron chi connectivity index (χ4n) is 4.86. The Morgan fingerprint density at radius 3 is 2.52 bits per heavy atom. The molecule has 0 bridgehead atoms. The van der Waals surface area contributed by atoms with E-state index in [1.54, 1.807) is 12.3 Å². The van der Waals surface area contributed by atoms with E-state index in [0.717, 1.165) is 34.4 Å². The van der Waals surface area contributed by atoms with Crippen molar-refractivity contribution in [1.82, 2.24) is 4.98 Å². The Kier molecular flexibility index (Phi) is 7.70. The third-order valence-electron chi connectivity index (χ3n) is 6.77. The van der Waals surface area contributed by atoms with E-state index in [1.165, 1.54) is 12.1 Å². The SMILES string of the molecule is N#Cc1c(NC(=O)OCCc2ccc(C(F)(F)F)cc2)ncc2c1-c1ccccc1C(c1ccc(Cl)c(Cl)c1)C2. The van der Waals surface area contributed by atoms with E-state index in [-0.39, 0.29) is 30.3 Å². The highest BCUT2D eigenvalue weighted by Gasteiger charge is 2.31. The van der Waals surface area contributed by atoms with Crippen molar-refractivity contribution in [2.75, 3.05) is 11.9 Å². The van der Waals surface area contributed by atoms with Crippen molar-refractivity contribution in [2.45, 2.75) is 24.9 Å². The molecule has 5 nitrogen and oxygen atoms in total. The molecule has 1 unspecified atom stereocenters. The zero-order valence-corrected chi connectivity index (χ0v) is 22.2. The lowest BCUT2D eigenvalue weighted by Gasteiger charge is -2.29. The second-order valence-electron chi connectivity index (χ2n) is 9.22. The Morgan fingerprint density at radius 2 is 1.82 bits per heavy atom. The predicted molar refractivity (Wildman–Crippen MR) is 147 cm³/mol. The van der Waals surface area contributed by atoms with Crippen LogP contribution in [0.25, 0.3) is 11.1 Å². The molecule has 4 aromatic rings. The molecule has 10 heteroatoms. The van der Waals surface area contributed by atoms with Crippen LogP contribution in [0.15, 0.2) is 72.9 Å². The zero-order valence-electron chi connectivity index (χ0n) is 20.7. The van der Waals surface area contributed by atoms with Crippen molar-refractivity contribution < 1.29 is 22.7 Å². The van der Waals surface area contributed by atoms with Crippen LogP contribution in [0.4, 0.5) is 23.8 Å². The van der Waals surface area contributed by atoms with E-state index in [9.17, 15) is 23.2 Å². The molecule has 1 aliphatic rings. The van der Waals surface area contributed by atoms with Gasteiger partial charge in [-0.2, -0.15) is 18.4 Å². The van der Waals surface area contributed by atoms with Crippen molar-refractivity contribution in [3.63, 3.8) is 0 Å². The van der Waals surface area contributed by atoms with E-state index >= 15 is 0 Å². The number of ether oxygens (including phenoxy) is 1. The molecule has 1 N–H and O–H groups in total. The van der Waals surface area contributed by atoms with Crippen LogP contribution in [0.1, 0.15) is 39.3 Å². The first-order valence-corrected chi connectivity index (χ1v) is 13.0. The lowest BCUT2D eigenvalue weighted by Crippen LogP contribution is -2.19. The van der Waals surface area contributed by atoms with Crippen molar-refractivity contribution in [3.8, 4) is 17.2 Å². The molecule has 202 valence electrons. The van der Waals surface area contributed by atoms with Gasteiger partial charge in [0.15, 0.2) is 5.82 Å². The Balaban J connectivity index is 1.34. The average Bonchev–Trinajstić information content (AvgIpc) is 2.94. The van der Waals surface area contributed by atoms with Gasteiger partial charge in [-0.25, -0.2) is 9.78 Å². The molecule has 5 rings (SSSR count). The lowest BCUT2D eigenvalue weighted by atomic mass is 9.75. The molecular formula is C30H20Cl2F3N3O2.